The number of halogens is 3. The van der Waals surface area contributed by atoms with Crippen LogP contribution in [0.3, 0.4) is 0 Å². The van der Waals surface area contributed by atoms with Gasteiger partial charge in [0.15, 0.2) is 0 Å². The summed E-state index contributed by atoms with van der Waals surface area (Å²) in [5.41, 5.74) is -0.212. The molecule has 0 saturated carbocycles. The molecule has 1 unspecified atom stereocenters. The Morgan fingerprint density at radius 1 is 1.14 bits per heavy atom. The normalized spacial score (nSPS) is 18.4. The highest BCUT2D eigenvalue weighted by Gasteiger charge is 2.33. The average molecular weight is 509 g/mol. The van der Waals surface area contributed by atoms with E-state index in [2.05, 4.69) is 20.2 Å². The number of aromatic amines is 1. The number of amides is 2. The summed E-state index contributed by atoms with van der Waals surface area (Å²) in [6, 6.07) is -0.190. The second-order valence-electron chi connectivity index (χ2n) is 8.62. The molecule has 2 aromatic heterocycles. The predicted molar refractivity (Wildman–Crippen MR) is 121 cm³/mol. The van der Waals surface area contributed by atoms with Crippen molar-refractivity contribution in [2.75, 3.05) is 49.2 Å². The van der Waals surface area contributed by atoms with E-state index in [0.29, 0.717) is 37.3 Å². The van der Waals surface area contributed by atoms with Gasteiger partial charge in [0.2, 0.25) is 17.8 Å². The van der Waals surface area contributed by atoms with Crippen LogP contribution in [0.5, 0.6) is 0 Å². The van der Waals surface area contributed by atoms with Crippen molar-refractivity contribution in [3.05, 3.63) is 40.1 Å². The number of alkyl halides is 3. The Labute approximate surface area is 204 Å². The highest BCUT2D eigenvalue weighted by atomic mass is 19.4. The molecule has 2 aliphatic heterocycles. The Bertz CT molecular complexity index is 1160. The van der Waals surface area contributed by atoms with E-state index < -0.39 is 11.7 Å². The van der Waals surface area contributed by atoms with Crippen molar-refractivity contribution in [1.82, 2.24) is 25.1 Å². The topological polar surface area (TPSA) is 125 Å². The summed E-state index contributed by atoms with van der Waals surface area (Å²) in [5.74, 6) is -0.0276. The SMILES string of the molecule is CC1CN(c2ncc(C(F)(F)F)cn2)CCN1C(=O)CCOCCN1C(=O)CCc2c1cn[nH]c2=O. The maximum absolute atomic E-state index is 12.7. The number of carbonyl (C=O) groups excluding carboxylic acids is 2. The smallest absolute Gasteiger partial charge is 0.379 e. The van der Waals surface area contributed by atoms with Gasteiger partial charge in [0.1, 0.15) is 0 Å². The zero-order valence-corrected chi connectivity index (χ0v) is 19.6. The Balaban J connectivity index is 1.21. The second-order valence-corrected chi connectivity index (χ2v) is 8.62. The first-order valence-corrected chi connectivity index (χ1v) is 11.5. The molecule has 2 amide bonds. The Hall–Kier alpha value is -3.55. The molecule has 0 aromatic carbocycles. The lowest BCUT2D eigenvalue weighted by atomic mass is 10.0. The molecule has 11 nitrogen and oxygen atoms in total. The number of hydrogen-bond donors (Lipinski definition) is 1. The van der Waals surface area contributed by atoms with Crippen molar-refractivity contribution in [3.63, 3.8) is 0 Å². The van der Waals surface area contributed by atoms with E-state index in [9.17, 15) is 27.6 Å². The van der Waals surface area contributed by atoms with E-state index in [1.54, 1.807) is 9.80 Å². The number of nitrogens with one attached hydrogen (secondary N) is 1. The maximum Gasteiger partial charge on any atom is 0.419 e. The summed E-state index contributed by atoms with van der Waals surface area (Å²) < 4.78 is 43.7. The Morgan fingerprint density at radius 3 is 2.58 bits per heavy atom. The van der Waals surface area contributed by atoms with E-state index in [1.165, 1.54) is 11.1 Å². The van der Waals surface area contributed by atoms with Crippen molar-refractivity contribution in [2.45, 2.75) is 38.4 Å². The van der Waals surface area contributed by atoms with Crippen LogP contribution in [-0.2, 0) is 26.9 Å². The molecule has 0 bridgehead atoms. The minimum absolute atomic E-state index is 0.106. The van der Waals surface area contributed by atoms with Crippen LogP contribution in [0.2, 0.25) is 0 Å². The Kier molecular flexibility index (Phi) is 7.52. The third-order valence-corrected chi connectivity index (χ3v) is 6.23. The lowest BCUT2D eigenvalue weighted by Crippen LogP contribution is -2.54. The summed E-state index contributed by atoms with van der Waals surface area (Å²) in [6.07, 6.45) is -0.780. The van der Waals surface area contributed by atoms with Crippen LogP contribution in [0.4, 0.5) is 24.8 Å². The molecule has 36 heavy (non-hydrogen) atoms. The van der Waals surface area contributed by atoms with E-state index in [1.807, 2.05) is 6.92 Å². The zero-order valence-electron chi connectivity index (χ0n) is 19.6. The summed E-state index contributed by atoms with van der Waals surface area (Å²) in [4.78, 5) is 49.5. The number of piperazine rings is 1. The molecule has 0 radical (unpaired) electrons. The van der Waals surface area contributed by atoms with E-state index in [4.69, 9.17) is 4.74 Å². The molecule has 4 heterocycles. The number of anilines is 2. The van der Waals surface area contributed by atoms with Crippen LogP contribution >= 0.6 is 0 Å². The molecule has 1 saturated heterocycles. The second kappa shape index (κ2) is 10.6. The molecule has 4 rings (SSSR count). The first-order chi connectivity index (χ1) is 17.1. The molecule has 194 valence electrons. The maximum atomic E-state index is 12.7. The van der Waals surface area contributed by atoms with Crippen LogP contribution < -0.4 is 15.4 Å². The average Bonchev–Trinajstić information content (AvgIpc) is 2.84. The molecule has 14 heteroatoms. The zero-order chi connectivity index (χ0) is 25.9. The third-order valence-electron chi connectivity index (χ3n) is 6.23. The van der Waals surface area contributed by atoms with Crippen LogP contribution in [-0.4, -0.2) is 82.3 Å². The number of carbonyl (C=O) groups is 2. The van der Waals surface area contributed by atoms with Gasteiger partial charge in [0, 0.05) is 56.6 Å². The quantitative estimate of drug-likeness (QED) is 0.549. The fraction of sp³-hybridized carbons (Fsp3) is 0.545. The summed E-state index contributed by atoms with van der Waals surface area (Å²) >= 11 is 0. The molecular weight excluding hydrogens is 483 g/mol. The number of H-pyrrole nitrogens is 1. The lowest BCUT2D eigenvalue weighted by molar-refractivity contribution is -0.138. The molecule has 2 aromatic rings. The number of ether oxygens (including phenoxy) is 1. The van der Waals surface area contributed by atoms with Crippen molar-refractivity contribution >= 4 is 23.5 Å². The van der Waals surface area contributed by atoms with Gasteiger partial charge in [-0.15, -0.1) is 0 Å². The molecule has 1 N–H and O–H groups in total. The first kappa shape index (κ1) is 25.5. The highest BCUT2D eigenvalue weighted by molar-refractivity contribution is 5.96. The summed E-state index contributed by atoms with van der Waals surface area (Å²) in [5, 5.41) is 6.14. The van der Waals surface area contributed by atoms with Crippen LogP contribution in [0.15, 0.2) is 23.4 Å². The van der Waals surface area contributed by atoms with Gasteiger partial charge in [-0.25, -0.2) is 15.1 Å². The van der Waals surface area contributed by atoms with Gasteiger partial charge in [-0.2, -0.15) is 18.3 Å². The number of rotatable bonds is 7. The minimum atomic E-state index is -4.50. The number of hydrogen-bond acceptors (Lipinski definition) is 8. The van der Waals surface area contributed by atoms with Crippen molar-refractivity contribution < 1.29 is 27.5 Å². The number of nitrogens with zero attached hydrogens (tertiary/aromatic N) is 6. The van der Waals surface area contributed by atoms with Crippen LogP contribution in [0.25, 0.3) is 0 Å². The largest absolute Gasteiger partial charge is 0.419 e. The third kappa shape index (κ3) is 5.64. The molecular formula is C22H26F3N7O4. The summed E-state index contributed by atoms with van der Waals surface area (Å²) in [7, 11) is 0. The number of aromatic nitrogens is 4. The number of fused-ring (bicyclic) bond motifs is 1. The first-order valence-electron chi connectivity index (χ1n) is 11.5. The van der Waals surface area contributed by atoms with E-state index in [-0.39, 0.29) is 62.0 Å². The van der Waals surface area contributed by atoms with Gasteiger partial charge in [-0.1, -0.05) is 0 Å². The lowest BCUT2D eigenvalue weighted by Gasteiger charge is -2.40. The van der Waals surface area contributed by atoms with Gasteiger partial charge < -0.3 is 19.4 Å². The van der Waals surface area contributed by atoms with Gasteiger partial charge in [-0.3, -0.25) is 14.4 Å². The molecule has 1 fully saturated rings. The molecule has 0 spiro atoms. The fourth-order valence-electron chi connectivity index (χ4n) is 4.34. The molecule has 1 atom stereocenters. The van der Waals surface area contributed by atoms with Crippen LogP contribution in [0.1, 0.15) is 30.9 Å². The predicted octanol–water partition coefficient (Wildman–Crippen LogP) is 1.00. The fourth-order valence-corrected chi connectivity index (χ4v) is 4.34. The van der Waals surface area contributed by atoms with Crippen molar-refractivity contribution in [1.29, 1.82) is 0 Å². The summed E-state index contributed by atoms with van der Waals surface area (Å²) in [6.45, 7) is 3.62. The molecule has 2 aliphatic rings. The Morgan fingerprint density at radius 2 is 1.89 bits per heavy atom. The minimum Gasteiger partial charge on any atom is -0.379 e. The van der Waals surface area contributed by atoms with Crippen molar-refractivity contribution in [2.24, 2.45) is 0 Å². The monoisotopic (exact) mass is 509 g/mol. The standard InChI is InChI=1S/C22H26F3N7O4/c1-14-13-30(21-26-10-15(11-27-21)22(23,24)25)5-6-31(14)19(34)4-8-36-9-7-32-17-12-28-29-20(35)16(17)2-3-18(32)33/h10-12,14H,2-9,13H2,1H3,(H,29,35). The van der Waals surface area contributed by atoms with E-state index in [0.717, 1.165) is 12.4 Å². The van der Waals surface area contributed by atoms with Crippen LogP contribution in [0, 0.1) is 0 Å². The van der Waals surface area contributed by atoms with Gasteiger partial charge >= 0.3 is 6.18 Å². The van der Waals surface area contributed by atoms with Crippen molar-refractivity contribution in [3.8, 4) is 0 Å². The molecule has 0 aliphatic carbocycles. The van der Waals surface area contributed by atoms with Gasteiger partial charge in [0.25, 0.3) is 5.56 Å². The van der Waals surface area contributed by atoms with E-state index >= 15 is 0 Å². The highest BCUT2D eigenvalue weighted by Crippen LogP contribution is 2.28. The van der Waals surface area contributed by atoms with Gasteiger partial charge in [0.05, 0.1) is 37.1 Å². The van der Waals surface area contributed by atoms with Gasteiger partial charge in [-0.05, 0) is 13.3 Å².